The molecular formula is C15H16O3S. The Morgan fingerprint density at radius 1 is 1.05 bits per heavy atom. The van der Waals surface area contributed by atoms with Crippen LogP contribution in [0.25, 0.3) is 11.3 Å². The van der Waals surface area contributed by atoms with Gasteiger partial charge in [-0.1, -0.05) is 25.0 Å². The van der Waals surface area contributed by atoms with Gasteiger partial charge in [-0.3, -0.25) is 0 Å². The molecule has 3 rings (SSSR count). The van der Waals surface area contributed by atoms with Crippen molar-refractivity contribution in [3.05, 3.63) is 42.7 Å². The van der Waals surface area contributed by atoms with Crippen molar-refractivity contribution in [3.63, 3.8) is 0 Å². The first-order valence-electron chi connectivity index (χ1n) is 6.56. The van der Waals surface area contributed by atoms with Gasteiger partial charge < -0.3 is 4.42 Å². The molecule has 0 unspecified atom stereocenters. The molecule has 0 spiro atoms. The minimum atomic E-state index is -3.19. The van der Waals surface area contributed by atoms with Crippen LogP contribution in [0.15, 0.2) is 52.0 Å². The highest BCUT2D eigenvalue weighted by molar-refractivity contribution is 7.92. The Bertz CT molecular complexity index is 650. The monoisotopic (exact) mass is 276 g/mol. The highest BCUT2D eigenvalue weighted by Gasteiger charge is 2.30. The molecule has 1 heterocycles. The predicted octanol–water partition coefficient (Wildman–Crippen LogP) is 3.66. The fraction of sp³-hybridized carbons (Fsp3) is 0.333. The van der Waals surface area contributed by atoms with Gasteiger partial charge in [0, 0.05) is 5.56 Å². The first-order valence-corrected chi connectivity index (χ1v) is 8.10. The summed E-state index contributed by atoms with van der Waals surface area (Å²) in [6.07, 6.45) is 5.19. The molecule has 1 aliphatic rings. The van der Waals surface area contributed by atoms with Crippen molar-refractivity contribution in [3.8, 4) is 11.3 Å². The Hall–Kier alpha value is -1.55. The molecule has 0 saturated heterocycles. The van der Waals surface area contributed by atoms with Crippen LogP contribution in [0.4, 0.5) is 0 Å². The quantitative estimate of drug-likeness (QED) is 0.859. The van der Waals surface area contributed by atoms with Crippen LogP contribution in [-0.2, 0) is 9.84 Å². The summed E-state index contributed by atoms with van der Waals surface area (Å²) in [6.45, 7) is 0. The molecule has 1 aromatic heterocycles. The van der Waals surface area contributed by atoms with E-state index in [2.05, 4.69) is 0 Å². The lowest BCUT2D eigenvalue weighted by Gasteiger charge is -2.11. The summed E-state index contributed by atoms with van der Waals surface area (Å²) in [7, 11) is -3.19. The molecule has 1 saturated carbocycles. The zero-order chi connectivity index (χ0) is 13.3. The third-order valence-electron chi connectivity index (χ3n) is 3.71. The van der Waals surface area contributed by atoms with Crippen molar-refractivity contribution < 1.29 is 12.8 Å². The number of rotatable bonds is 3. The van der Waals surface area contributed by atoms with Crippen LogP contribution in [0.5, 0.6) is 0 Å². The van der Waals surface area contributed by atoms with E-state index >= 15 is 0 Å². The average molecular weight is 276 g/mol. The predicted molar refractivity (Wildman–Crippen MR) is 73.6 cm³/mol. The van der Waals surface area contributed by atoms with Crippen LogP contribution in [-0.4, -0.2) is 13.7 Å². The van der Waals surface area contributed by atoms with Gasteiger partial charge in [0.05, 0.1) is 16.4 Å². The number of hydrogen-bond acceptors (Lipinski definition) is 3. The summed E-state index contributed by atoms with van der Waals surface area (Å²) in [5.74, 6) is 0.698. The van der Waals surface area contributed by atoms with Crippen molar-refractivity contribution in [2.45, 2.75) is 35.8 Å². The van der Waals surface area contributed by atoms with E-state index in [1.54, 1.807) is 30.5 Å². The fourth-order valence-electron chi connectivity index (χ4n) is 2.66. The SMILES string of the molecule is O=S(=O)(c1cccc(-c2ccco2)c1)C1CCCC1. The molecular weight excluding hydrogens is 260 g/mol. The number of furan rings is 1. The van der Waals surface area contributed by atoms with E-state index in [-0.39, 0.29) is 5.25 Å². The summed E-state index contributed by atoms with van der Waals surface area (Å²) < 4.78 is 30.4. The van der Waals surface area contributed by atoms with Crippen molar-refractivity contribution in [2.24, 2.45) is 0 Å². The van der Waals surface area contributed by atoms with E-state index in [1.807, 2.05) is 12.1 Å². The largest absolute Gasteiger partial charge is 0.464 e. The molecule has 0 radical (unpaired) electrons. The van der Waals surface area contributed by atoms with Crippen LogP contribution in [0.1, 0.15) is 25.7 Å². The zero-order valence-corrected chi connectivity index (χ0v) is 11.4. The van der Waals surface area contributed by atoms with Crippen LogP contribution in [0, 0.1) is 0 Å². The van der Waals surface area contributed by atoms with Crippen molar-refractivity contribution in [2.75, 3.05) is 0 Å². The van der Waals surface area contributed by atoms with Gasteiger partial charge in [-0.15, -0.1) is 0 Å². The minimum absolute atomic E-state index is 0.209. The summed E-state index contributed by atoms with van der Waals surface area (Å²) in [5.41, 5.74) is 0.809. The lowest BCUT2D eigenvalue weighted by atomic mass is 10.2. The number of sulfone groups is 1. The van der Waals surface area contributed by atoms with E-state index in [1.165, 1.54) is 0 Å². The summed E-state index contributed by atoms with van der Waals surface area (Å²) in [4.78, 5) is 0.410. The number of hydrogen-bond donors (Lipinski definition) is 0. The minimum Gasteiger partial charge on any atom is -0.464 e. The van der Waals surface area contributed by atoms with Crippen LogP contribution >= 0.6 is 0 Å². The van der Waals surface area contributed by atoms with Crippen molar-refractivity contribution in [1.82, 2.24) is 0 Å². The normalized spacial score (nSPS) is 16.8. The molecule has 1 aromatic carbocycles. The molecule has 0 N–H and O–H groups in total. The van der Waals surface area contributed by atoms with E-state index in [4.69, 9.17) is 4.42 Å². The van der Waals surface area contributed by atoms with Gasteiger partial charge in [0.2, 0.25) is 0 Å². The zero-order valence-electron chi connectivity index (χ0n) is 10.6. The third-order valence-corrected chi connectivity index (χ3v) is 5.97. The highest BCUT2D eigenvalue weighted by atomic mass is 32.2. The molecule has 100 valence electrons. The molecule has 0 atom stereocenters. The van der Waals surface area contributed by atoms with E-state index in [9.17, 15) is 8.42 Å². The van der Waals surface area contributed by atoms with E-state index < -0.39 is 9.84 Å². The van der Waals surface area contributed by atoms with E-state index in [0.29, 0.717) is 10.7 Å². The number of benzene rings is 1. The van der Waals surface area contributed by atoms with Gasteiger partial charge >= 0.3 is 0 Å². The van der Waals surface area contributed by atoms with Gasteiger partial charge in [-0.05, 0) is 37.1 Å². The maximum Gasteiger partial charge on any atom is 0.181 e. The molecule has 1 fully saturated rings. The average Bonchev–Trinajstić information content (AvgIpc) is 3.12. The Balaban J connectivity index is 1.99. The van der Waals surface area contributed by atoms with Gasteiger partial charge in [0.25, 0.3) is 0 Å². The Morgan fingerprint density at radius 2 is 1.84 bits per heavy atom. The molecule has 19 heavy (non-hydrogen) atoms. The van der Waals surface area contributed by atoms with Crippen LogP contribution in [0.3, 0.4) is 0 Å². The highest BCUT2D eigenvalue weighted by Crippen LogP contribution is 2.31. The maximum atomic E-state index is 12.5. The Labute approximate surface area is 113 Å². The molecule has 0 amide bonds. The Morgan fingerprint density at radius 3 is 2.53 bits per heavy atom. The molecule has 4 heteroatoms. The molecule has 1 aliphatic carbocycles. The van der Waals surface area contributed by atoms with Gasteiger partial charge in [0.15, 0.2) is 9.84 Å². The van der Waals surface area contributed by atoms with Gasteiger partial charge in [-0.2, -0.15) is 0 Å². The summed E-state index contributed by atoms with van der Waals surface area (Å²) in [6, 6.07) is 10.7. The fourth-order valence-corrected chi connectivity index (χ4v) is 4.56. The third kappa shape index (κ3) is 2.32. The van der Waals surface area contributed by atoms with Gasteiger partial charge in [-0.25, -0.2) is 8.42 Å². The maximum absolute atomic E-state index is 12.5. The first-order chi connectivity index (χ1) is 9.18. The lowest BCUT2D eigenvalue weighted by Crippen LogP contribution is -2.17. The smallest absolute Gasteiger partial charge is 0.181 e. The molecule has 0 aliphatic heterocycles. The molecule has 3 nitrogen and oxygen atoms in total. The van der Waals surface area contributed by atoms with Crippen LogP contribution in [0.2, 0.25) is 0 Å². The topological polar surface area (TPSA) is 47.3 Å². The first kappa shape index (κ1) is 12.5. The standard InChI is InChI=1S/C15H16O3S/c16-19(17,13-6-1-2-7-13)14-8-3-5-12(11-14)15-9-4-10-18-15/h3-5,8-11,13H,1-2,6-7H2. The summed E-state index contributed by atoms with van der Waals surface area (Å²) >= 11 is 0. The lowest BCUT2D eigenvalue weighted by molar-refractivity contribution is 0.578. The second kappa shape index (κ2) is 4.85. The molecule has 2 aromatic rings. The van der Waals surface area contributed by atoms with E-state index in [0.717, 1.165) is 31.2 Å². The Kier molecular flexibility index (Phi) is 3.19. The van der Waals surface area contributed by atoms with Gasteiger partial charge in [0.1, 0.15) is 5.76 Å². The molecule has 0 bridgehead atoms. The van der Waals surface area contributed by atoms with Crippen molar-refractivity contribution >= 4 is 9.84 Å². The second-order valence-corrected chi connectivity index (χ2v) is 7.18. The van der Waals surface area contributed by atoms with Crippen molar-refractivity contribution in [1.29, 1.82) is 0 Å². The second-order valence-electron chi connectivity index (χ2n) is 4.96. The summed E-state index contributed by atoms with van der Waals surface area (Å²) in [5, 5.41) is -0.209. The van der Waals surface area contributed by atoms with Crippen LogP contribution < -0.4 is 0 Å².